The highest BCUT2D eigenvalue weighted by Gasteiger charge is 2.26. The molecule has 2 N–H and O–H groups in total. The maximum absolute atomic E-state index is 5.94. The van der Waals surface area contributed by atoms with Crippen LogP contribution in [0.25, 0.3) is 10.9 Å². The predicted molar refractivity (Wildman–Crippen MR) is 114 cm³/mol. The minimum atomic E-state index is 0.182. The molecule has 4 aromatic rings. The fourth-order valence-electron chi connectivity index (χ4n) is 4.41. The van der Waals surface area contributed by atoms with Crippen LogP contribution in [0.2, 0.25) is 0 Å². The van der Waals surface area contributed by atoms with Gasteiger partial charge in [0.1, 0.15) is 11.5 Å². The molecule has 3 nitrogen and oxygen atoms in total. The van der Waals surface area contributed by atoms with Crippen LogP contribution in [0.3, 0.4) is 0 Å². The smallest absolute Gasteiger partial charge is 0.127 e. The van der Waals surface area contributed by atoms with Gasteiger partial charge in [0.2, 0.25) is 0 Å². The maximum atomic E-state index is 5.94. The molecule has 0 spiro atoms. The van der Waals surface area contributed by atoms with E-state index in [1.165, 1.54) is 38.9 Å². The summed E-state index contributed by atoms with van der Waals surface area (Å²) < 4.78 is 5.94. The first-order valence-corrected chi connectivity index (χ1v) is 9.87. The maximum Gasteiger partial charge on any atom is 0.127 e. The van der Waals surface area contributed by atoms with Crippen LogP contribution in [-0.2, 0) is 6.42 Å². The molecule has 5 rings (SSSR count). The van der Waals surface area contributed by atoms with Crippen molar-refractivity contribution in [1.82, 2.24) is 10.3 Å². The lowest BCUT2D eigenvalue weighted by Gasteiger charge is -2.25. The Bertz CT molecular complexity index is 1130. The van der Waals surface area contributed by atoms with E-state index in [4.69, 9.17) is 4.74 Å². The molecule has 1 aliphatic rings. The fraction of sp³-hybridized carbons (Fsp3) is 0.200. The van der Waals surface area contributed by atoms with Gasteiger partial charge in [-0.2, -0.15) is 0 Å². The minimum Gasteiger partial charge on any atom is -0.457 e. The Kier molecular flexibility index (Phi) is 4.18. The third kappa shape index (κ3) is 2.98. The van der Waals surface area contributed by atoms with E-state index in [1.54, 1.807) is 0 Å². The lowest BCUT2D eigenvalue weighted by atomic mass is 9.93. The lowest BCUT2D eigenvalue weighted by molar-refractivity contribution is 0.481. The topological polar surface area (TPSA) is 37.0 Å². The van der Waals surface area contributed by atoms with E-state index < -0.39 is 0 Å². The van der Waals surface area contributed by atoms with Crippen molar-refractivity contribution in [3.63, 3.8) is 0 Å². The third-order valence-electron chi connectivity index (χ3n) is 5.58. The number of H-pyrrole nitrogens is 1. The zero-order valence-electron chi connectivity index (χ0n) is 16.3. The van der Waals surface area contributed by atoms with Crippen molar-refractivity contribution in [2.75, 3.05) is 6.54 Å². The highest BCUT2D eigenvalue weighted by Crippen LogP contribution is 2.36. The average Bonchev–Trinajstić information content (AvgIpc) is 3.08. The molecule has 3 aromatic carbocycles. The number of benzene rings is 3. The van der Waals surface area contributed by atoms with Gasteiger partial charge in [-0.05, 0) is 72.9 Å². The average molecular weight is 368 g/mol. The van der Waals surface area contributed by atoms with Crippen molar-refractivity contribution in [3.05, 3.63) is 94.7 Å². The first-order chi connectivity index (χ1) is 13.7. The van der Waals surface area contributed by atoms with Crippen molar-refractivity contribution in [3.8, 4) is 11.5 Å². The second-order valence-corrected chi connectivity index (χ2v) is 7.64. The van der Waals surface area contributed by atoms with Crippen molar-refractivity contribution in [1.29, 1.82) is 0 Å². The molecule has 1 aliphatic heterocycles. The summed E-state index contributed by atoms with van der Waals surface area (Å²) in [7, 11) is 0. The molecule has 0 radical (unpaired) electrons. The molecule has 1 unspecified atom stereocenters. The highest BCUT2D eigenvalue weighted by atomic mass is 16.5. The van der Waals surface area contributed by atoms with Gasteiger partial charge in [0.05, 0.1) is 6.04 Å². The molecule has 0 aliphatic carbocycles. The summed E-state index contributed by atoms with van der Waals surface area (Å²) in [6.45, 7) is 5.36. The first kappa shape index (κ1) is 17.1. The van der Waals surface area contributed by atoms with Crippen LogP contribution in [0.1, 0.15) is 34.0 Å². The van der Waals surface area contributed by atoms with Crippen molar-refractivity contribution < 1.29 is 4.74 Å². The molecule has 0 saturated carbocycles. The number of hydrogen-bond donors (Lipinski definition) is 2. The van der Waals surface area contributed by atoms with Crippen LogP contribution in [0.4, 0.5) is 0 Å². The Hall–Kier alpha value is -3.04. The van der Waals surface area contributed by atoms with Gasteiger partial charge < -0.3 is 15.0 Å². The second kappa shape index (κ2) is 6.84. The van der Waals surface area contributed by atoms with Gasteiger partial charge in [-0.25, -0.2) is 0 Å². The van der Waals surface area contributed by atoms with E-state index in [-0.39, 0.29) is 6.04 Å². The van der Waals surface area contributed by atoms with E-state index in [0.29, 0.717) is 0 Å². The predicted octanol–water partition coefficient (Wildman–Crippen LogP) is 5.81. The van der Waals surface area contributed by atoms with E-state index >= 15 is 0 Å². The third-order valence-corrected chi connectivity index (χ3v) is 5.58. The molecule has 2 heterocycles. The normalized spacial score (nSPS) is 16.1. The Labute approximate surface area is 165 Å². The van der Waals surface area contributed by atoms with Gasteiger partial charge in [-0.3, -0.25) is 0 Å². The molecular formula is C25H24N2O. The monoisotopic (exact) mass is 368 g/mol. The van der Waals surface area contributed by atoms with E-state index in [0.717, 1.165) is 24.5 Å². The lowest BCUT2D eigenvalue weighted by Crippen LogP contribution is -2.30. The number of para-hydroxylation sites is 1. The van der Waals surface area contributed by atoms with E-state index in [2.05, 4.69) is 60.5 Å². The summed E-state index contributed by atoms with van der Waals surface area (Å²) in [5.74, 6) is 1.71. The quantitative estimate of drug-likeness (QED) is 0.479. The number of hydrogen-bond acceptors (Lipinski definition) is 2. The Morgan fingerprint density at radius 3 is 2.43 bits per heavy atom. The number of fused-ring (bicyclic) bond motifs is 3. The van der Waals surface area contributed by atoms with E-state index in [9.17, 15) is 0 Å². The number of rotatable bonds is 3. The first-order valence-electron chi connectivity index (χ1n) is 9.87. The highest BCUT2D eigenvalue weighted by molar-refractivity contribution is 5.89. The molecule has 0 amide bonds. The SMILES string of the molecule is Cc1cc(C)c2c3c([nH]c2c1)C(c1ccc(Oc2ccccc2)cc1)NCC3. The Balaban J connectivity index is 1.49. The van der Waals surface area contributed by atoms with Crippen LogP contribution in [0.15, 0.2) is 66.7 Å². The number of aromatic nitrogens is 1. The zero-order chi connectivity index (χ0) is 19.1. The van der Waals surface area contributed by atoms with Crippen LogP contribution in [0.5, 0.6) is 11.5 Å². The molecule has 3 heteroatoms. The van der Waals surface area contributed by atoms with Gasteiger partial charge in [-0.1, -0.05) is 36.4 Å². The molecule has 0 fully saturated rings. The molecule has 1 aromatic heterocycles. The number of nitrogens with one attached hydrogen (secondary N) is 2. The number of ether oxygens (including phenoxy) is 1. The van der Waals surface area contributed by atoms with Crippen molar-refractivity contribution >= 4 is 10.9 Å². The van der Waals surface area contributed by atoms with Gasteiger partial charge in [-0.15, -0.1) is 0 Å². The van der Waals surface area contributed by atoms with Crippen molar-refractivity contribution in [2.24, 2.45) is 0 Å². The van der Waals surface area contributed by atoms with Gasteiger partial charge in [0.25, 0.3) is 0 Å². The summed E-state index contributed by atoms with van der Waals surface area (Å²) >= 11 is 0. The van der Waals surface area contributed by atoms with Crippen LogP contribution in [-0.4, -0.2) is 11.5 Å². The van der Waals surface area contributed by atoms with Gasteiger partial charge in [0, 0.05) is 23.1 Å². The zero-order valence-corrected chi connectivity index (χ0v) is 16.3. The molecule has 0 bridgehead atoms. The van der Waals surface area contributed by atoms with Crippen molar-refractivity contribution in [2.45, 2.75) is 26.3 Å². The summed E-state index contributed by atoms with van der Waals surface area (Å²) in [5, 5.41) is 5.08. The Morgan fingerprint density at radius 2 is 1.64 bits per heavy atom. The van der Waals surface area contributed by atoms with Gasteiger partial charge >= 0.3 is 0 Å². The summed E-state index contributed by atoms with van der Waals surface area (Å²) in [4.78, 5) is 3.71. The standard InChI is InChI=1S/C25H24N2O/c1-16-14-17(2)23-21-12-13-26-24(25(21)27-22(23)15-16)18-8-10-20(11-9-18)28-19-6-4-3-5-7-19/h3-11,14-15,24,26-27H,12-13H2,1-2H3. The molecule has 140 valence electrons. The summed E-state index contributed by atoms with van der Waals surface area (Å²) in [6, 6.07) is 23.0. The Morgan fingerprint density at radius 1 is 0.893 bits per heavy atom. The fourth-order valence-corrected chi connectivity index (χ4v) is 4.41. The van der Waals surface area contributed by atoms with Crippen LogP contribution >= 0.6 is 0 Å². The minimum absolute atomic E-state index is 0.182. The largest absolute Gasteiger partial charge is 0.457 e. The second-order valence-electron chi connectivity index (χ2n) is 7.64. The molecule has 0 saturated heterocycles. The van der Waals surface area contributed by atoms with Crippen LogP contribution < -0.4 is 10.1 Å². The number of aryl methyl sites for hydroxylation is 2. The van der Waals surface area contributed by atoms with Gasteiger partial charge in [0.15, 0.2) is 0 Å². The molecule has 1 atom stereocenters. The van der Waals surface area contributed by atoms with Crippen LogP contribution in [0, 0.1) is 13.8 Å². The molecular weight excluding hydrogens is 344 g/mol. The molecule has 28 heavy (non-hydrogen) atoms. The number of aromatic amines is 1. The van der Waals surface area contributed by atoms with E-state index in [1.807, 2.05) is 30.3 Å². The summed E-state index contributed by atoms with van der Waals surface area (Å²) in [5.41, 5.74) is 7.92. The summed E-state index contributed by atoms with van der Waals surface area (Å²) in [6.07, 6.45) is 1.06.